The molecule has 0 saturated carbocycles. The summed E-state index contributed by atoms with van der Waals surface area (Å²) in [6.45, 7) is 0. The number of rotatable bonds is 15. The Labute approximate surface area is 749 Å². The first-order chi connectivity index (χ1) is 64.9. The number of hydrogen-bond donors (Lipinski definition) is 0. The third-order valence-corrected chi connectivity index (χ3v) is 25.6. The maximum atomic E-state index is 5.45. The maximum Gasteiger partial charge on any atom is 0.184 e. The molecule has 0 atom stereocenters. The molecule has 0 aliphatic carbocycles. The van der Waals surface area contributed by atoms with Crippen molar-refractivity contribution in [2.45, 2.75) is 0 Å². The summed E-state index contributed by atoms with van der Waals surface area (Å²) >= 11 is 0. The molecule has 0 radical (unpaired) electrons. The van der Waals surface area contributed by atoms with E-state index in [2.05, 4.69) is 308 Å². The van der Waals surface area contributed by atoms with E-state index in [9.17, 15) is 0 Å². The number of hydrogen-bond acceptors (Lipinski definition) is 10. The third kappa shape index (κ3) is 12.6. The van der Waals surface area contributed by atoms with Crippen LogP contribution in [0.15, 0.2) is 431 Å². The van der Waals surface area contributed by atoms with Crippen LogP contribution in [0.5, 0.6) is 0 Å². The minimum Gasteiger partial charge on any atom is -0.309 e. The van der Waals surface area contributed by atoms with Crippen LogP contribution in [0.2, 0.25) is 0 Å². The molecule has 0 amide bonds. The molecular formula is C116H71N15. The van der Waals surface area contributed by atoms with E-state index in [-0.39, 0.29) is 0 Å². The molecule has 26 aromatic rings. The van der Waals surface area contributed by atoms with Crippen molar-refractivity contribution >= 4 is 109 Å². The molecule has 15 heteroatoms. The summed E-state index contributed by atoms with van der Waals surface area (Å²) in [5.74, 6) is 4.34. The van der Waals surface area contributed by atoms with Gasteiger partial charge in [0.1, 0.15) is 11.4 Å². The van der Waals surface area contributed by atoms with Gasteiger partial charge in [-0.2, -0.15) is 0 Å². The molecule has 0 bridgehead atoms. The zero-order valence-corrected chi connectivity index (χ0v) is 70.2. The van der Waals surface area contributed by atoms with Crippen molar-refractivity contribution in [2.75, 3.05) is 0 Å². The second-order valence-electron chi connectivity index (χ2n) is 33.2. The van der Waals surface area contributed by atoms with E-state index in [4.69, 9.17) is 49.8 Å². The molecule has 9 aromatic heterocycles. The first kappa shape index (κ1) is 74.4. The molecule has 0 saturated heterocycles. The molecule has 0 aliphatic rings. The highest BCUT2D eigenvalue weighted by Crippen LogP contribution is 2.46. The zero-order chi connectivity index (χ0) is 86.1. The lowest BCUT2D eigenvalue weighted by atomic mass is 9.98. The Morgan fingerprint density at radius 2 is 0.359 bits per heavy atom. The smallest absolute Gasteiger partial charge is 0.184 e. The molecule has 0 fully saturated rings. The van der Waals surface area contributed by atoms with Gasteiger partial charge in [-0.1, -0.05) is 273 Å². The fourth-order valence-electron chi connectivity index (χ4n) is 19.5. The Hall–Kier alpha value is -18.1. The molecule has 26 rings (SSSR count). The summed E-state index contributed by atoms with van der Waals surface area (Å²) in [7, 11) is 0. The summed E-state index contributed by atoms with van der Waals surface area (Å²) in [6, 6.07) is 145. The van der Waals surface area contributed by atoms with Crippen molar-refractivity contribution in [3.8, 4) is 142 Å². The summed E-state index contributed by atoms with van der Waals surface area (Å²) in [4.78, 5) is 50.7. The molecule has 0 unspecified atom stereocenters. The van der Waals surface area contributed by atoms with Crippen molar-refractivity contribution in [3.05, 3.63) is 431 Å². The minimum atomic E-state index is 0.419. The lowest BCUT2D eigenvalue weighted by Crippen LogP contribution is -2.04. The molecule has 15 nitrogen and oxygen atoms in total. The van der Waals surface area contributed by atoms with Gasteiger partial charge in [-0.05, 0) is 178 Å². The Kier molecular flexibility index (Phi) is 17.2. The van der Waals surface area contributed by atoms with Crippen LogP contribution in [0, 0.1) is 0 Å². The monoisotopic (exact) mass is 1670 g/mol. The van der Waals surface area contributed by atoms with Gasteiger partial charge in [-0.15, -0.1) is 0 Å². The van der Waals surface area contributed by atoms with Crippen LogP contribution >= 0.6 is 0 Å². The van der Waals surface area contributed by atoms with Crippen molar-refractivity contribution in [1.29, 1.82) is 0 Å². The summed E-state index contributed by atoms with van der Waals surface area (Å²) in [6.07, 6.45) is 7.13. The number of nitrogens with zero attached hydrogens (tertiary/aromatic N) is 15. The van der Waals surface area contributed by atoms with E-state index in [0.29, 0.717) is 58.0 Å². The second kappa shape index (κ2) is 30.4. The lowest BCUT2D eigenvalue weighted by Gasteiger charge is -2.11. The first-order valence-corrected chi connectivity index (χ1v) is 43.8. The molecular weight excluding hydrogens is 1600 g/mol. The molecule has 131 heavy (non-hydrogen) atoms. The van der Waals surface area contributed by atoms with Gasteiger partial charge in [0.2, 0.25) is 0 Å². The zero-order valence-electron chi connectivity index (χ0n) is 70.2. The number of fused-ring (bicyclic) bond motifs is 15. The Morgan fingerprint density at radius 1 is 0.137 bits per heavy atom. The average Bonchev–Trinajstić information content (AvgIpc) is 1.58. The summed E-state index contributed by atoms with van der Waals surface area (Å²) in [5, 5.41) is 11.3. The summed E-state index contributed by atoms with van der Waals surface area (Å²) in [5.41, 5.74) is 27.3. The van der Waals surface area contributed by atoms with Gasteiger partial charge < -0.3 is 13.7 Å². The van der Waals surface area contributed by atoms with Gasteiger partial charge in [-0.25, -0.2) is 39.9 Å². The van der Waals surface area contributed by atoms with Crippen LogP contribution in [-0.4, -0.2) is 72.7 Å². The SMILES string of the molecule is c1ccc(-c2nc(-c3ccccc3)nc(-c3cncc(-n4c5ccccc5c5cc(-c6ccc7c(c6)c6ccc(-c8ccc9c%10cc(-c%11ccc%12c(c%11)c%11cc(-c%13ccc%14c(c%13)c%13ccccc%13n%14-c%13ccccc%13)ccc%11n%12-c%11cncc(-c%12nc(-c%13ccccc%13)nc(-c%13ccccc%13)n%12)n%11)ccc%10n(-c%10ccccc%10)c9c8)cc6n7-c6ccccc6)ccc54)n3)n2)cc1. The highest BCUT2D eigenvalue weighted by atomic mass is 15.1. The van der Waals surface area contributed by atoms with Crippen molar-refractivity contribution in [1.82, 2.24) is 72.7 Å². The Balaban J connectivity index is 0.581. The van der Waals surface area contributed by atoms with E-state index in [1.54, 1.807) is 12.4 Å². The second-order valence-corrected chi connectivity index (χ2v) is 33.2. The highest BCUT2D eigenvalue weighted by molar-refractivity contribution is 6.17. The largest absolute Gasteiger partial charge is 0.309 e. The van der Waals surface area contributed by atoms with Crippen LogP contribution in [-0.2, 0) is 0 Å². The van der Waals surface area contributed by atoms with Gasteiger partial charge in [0.15, 0.2) is 46.6 Å². The number of para-hydroxylation sites is 5. The van der Waals surface area contributed by atoms with Crippen LogP contribution in [0.3, 0.4) is 0 Å². The standard InChI is InChI=1S/C116H71N15/c1-8-26-72(27-9-1)111-121-112(73-28-10-2-11-29-73)124-115(123-111)97-68-117-70-109(119-97)130-100-43-25-23-41-88(100)92-61-79(49-57-104(92)130)77-47-55-102-93(62-77)89-52-44-82(66-107(89)128(102)85-36-18-6-19-37-85)83-45-53-90-94-63-78(48-56-103(94)129(108(90)67-83)86-38-20-7-21-39-86)81-51-59-106-96(65-81)95-64-80(76-46-54-101-91(60-76)87-40-22-24-42-99(87)127(101)84-34-16-5-17-35-84)50-58-105(95)131(106)110-71-118-69-98(120-110)116-125-113(74-30-12-3-13-31-74)122-114(126-116)75-32-14-4-15-33-75/h1-71H. The van der Waals surface area contributed by atoms with Gasteiger partial charge in [0.25, 0.3) is 0 Å². The van der Waals surface area contributed by atoms with E-state index in [0.717, 1.165) is 182 Å². The van der Waals surface area contributed by atoms with Crippen LogP contribution < -0.4 is 0 Å². The van der Waals surface area contributed by atoms with Gasteiger partial charge in [-0.3, -0.25) is 19.1 Å². The summed E-state index contributed by atoms with van der Waals surface area (Å²) < 4.78 is 11.6. The molecule has 0 N–H and O–H groups in total. The quantitative estimate of drug-likeness (QED) is 0.0969. The van der Waals surface area contributed by atoms with E-state index >= 15 is 0 Å². The van der Waals surface area contributed by atoms with Crippen molar-refractivity contribution in [3.63, 3.8) is 0 Å². The predicted molar refractivity (Wildman–Crippen MR) is 530 cm³/mol. The van der Waals surface area contributed by atoms with Crippen molar-refractivity contribution < 1.29 is 0 Å². The Bertz CT molecular complexity index is 8970. The fraction of sp³-hybridized carbons (Fsp3) is 0. The normalized spacial score (nSPS) is 11.8. The minimum absolute atomic E-state index is 0.419. The predicted octanol–water partition coefficient (Wildman–Crippen LogP) is 27.8. The van der Waals surface area contributed by atoms with Gasteiger partial charge >= 0.3 is 0 Å². The Morgan fingerprint density at radius 3 is 0.672 bits per heavy atom. The molecule has 9 heterocycles. The molecule has 17 aromatic carbocycles. The first-order valence-electron chi connectivity index (χ1n) is 43.8. The van der Waals surface area contributed by atoms with E-state index in [1.807, 2.05) is 134 Å². The molecule has 0 spiro atoms. The van der Waals surface area contributed by atoms with E-state index < -0.39 is 0 Å². The topological polar surface area (TPSA) is 154 Å². The molecule has 610 valence electrons. The van der Waals surface area contributed by atoms with E-state index in [1.165, 1.54) is 10.8 Å². The fourth-order valence-corrected chi connectivity index (χ4v) is 19.5. The maximum absolute atomic E-state index is 5.45. The highest BCUT2D eigenvalue weighted by Gasteiger charge is 2.26. The van der Waals surface area contributed by atoms with Gasteiger partial charge in [0.05, 0.1) is 80.0 Å². The van der Waals surface area contributed by atoms with Crippen LogP contribution in [0.1, 0.15) is 0 Å². The average molecular weight is 1670 g/mol. The van der Waals surface area contributed by atoms with Crippen LogP contribution in [0.25, 0.3) is 251 Å². The number of benzene rings is 17. The molecule has 0 aliphatic heterocycles. The van der Waals surface area contributed by atoms with Crippen LogP contribution in [0.4, 0.5) is 0 Å². The third-order valence-electron chi connectivity index (χ3n) is 25.6. The number of aromatic nitrogens is 15. The lowest BCUT2D eigenvalue weighted by molar-refractivity contribution is 1.01. The van der Waals surface area contributed by atoms with Crippen molar-refractivity contribution in [2.24, 2.45) is 0 Å². The van der Waals surface area contributed by atoms with Gasteiger partial charge in [0, 0.05) is 93.2 Å².